The fraction of sp³-hybridized carbons (Fsp3) is 0.643. The maximum atomic E-state index is 10.3. The van der Waals surface area contributed by atoms with E-state index in [9.17, 15) is 19.8 Å². The first-order valence-corrected chi connectivity index (χ1v) is 12.4. The number of hydrogen-bond donors (Lipinski definition) is 0. The summed E-state index contributed by atoms with van der Waals surface area (Å²) in [5, 5.41) is 20.4. The van der Waals surface area contributed by atoms with Crippen LogP contribution in [0.25, 0.3) is 0 Å². The van der Waals surface area contributed by atoms with Crippen molar-refractivity contribution in [1.82, 2.24) is 0 Å². The zero-order valence-corrected chi connectivity index (χ0v) is 24.6. The van der Waals surface area contributed by atoms with Crippen molar-refractivity contribution in [2.24, 2.45) is 0 Å². The third-order valence-corrected chi connectivity index (χ3v) is 4.54. The second-order valence-electron chi connectivity index (χ2n) is 7.64. The molecule has 1 rings (SSSR count). The summed E-state index contributed by atoms with van der Waals surface area (Å²) in [7, 11) is 0. The first kappa shape index (κ1) is 39.2. The van der Waals surface area contributed by atoms with E-state index in [1.807, 2.05) is 6.92 Å². The molecule has 1 aromatic carbocycles. The Labute approximate surface area is 221 Å². The topological polar surface area (TPSA) is 80.3 Å². The zero-order chi connectivity index (χ0) is 25.0. The first-order valence-electron chi connectivity index (χ1n) is 12.4. The number of rotatable bonds is 13. The minimum atomic E-state index is -1.12. The Morgan fingerprint density at radius 2 is 1.09 bits per heavy atom. The van der Waals surface area contributed by atoms with Crippen molar-refractivity contribution < 1.29 is 19.8 Å². The number of carboxylic acid groups (broad SMARTS) is 2. The molecule has 0 saturated carbocycles. The minimum absolute atomic E-state index is 0. The van der Waals surface area contributed by atoms with Crippen molar-refractivity contribution in [3.8, 4) is 0 Å². The number of benzene rings is 1. The van der Waals surface area contributed by atoms with Gasteiger partial charge in [-0.1, -0.05) is 136 Å². The summed E-state index contributed by atoms with van der Waals surface area (Å²) in [4.78, 5) is 20.4. The van der Waals surface area contributed by atoms with Gasteiger partial charge in [0.1, 0.15) is 0 Å². The van der Waals surface area contributed by atoms with Gasteiger partial charge in [-0.15, -0.1) is 0 Å². The second-order valence-corrected chi connectivity index (χ2v) is 7.64. The molecule has 4 radical (unpaired) electrons. The van der Waals surface area contributed by atoms with Gasteiger partial charge in [-0.25, -0.2) is 0 Å². The third-order valence-electron chi connectivity index (χ3n) is 4.54. The average Bonchev–Trinajstić information content (AvgIpc) is 2.81. The van der Waals surface area contributed by atoms with Crippen molar-refractivity contribution in [2.45, 2.75) is 118 Å². The Balaban J connectivity index is -0.000000189. The molecule has 0 spiro atoms. The van der Waals surface area contributed by atoms with Gasteiger partial charge in [0.2, 0.25) is 0 Å². The van der Waals surface area contributed by atoms with E-state index in [1.165, 1.54) is 51.4 Å². The van der Waals surface area contributed by atoms with Crippen LogP contribution in [0.2, 0.25) is 0 Å². The molecule has 0 amide bonds. The normalized spacial score (nSPS) is 9.03. The van der Waals surface area contributed by atoms with Crippen molar-refractivity contribution in [3.63, 3.8) is 0 Å². The van der Waals surface area contributed by atoms with E-state index < -0.39 is 11.9 Å². The molecular formula is C28H48O4Sn. The van der Waals surface area contributed by atoms with Crippen molar-refractivity contribution in [3.05, 3.63) is 49.2 Å². The molecule has 1 aromatic rings. The van der Waals surface area contributed by atoms with Gasteiger partial charge in [0.05, 0.1) is 5.97 Å². The van der Waals surface area contributed by atoms with Crippen LogP contribution in [-0.2, 0) is 11.2 Å². The maximum absolute atomic E-state index is 10.3. The minimum Gasteiger partial charge on any atom is -0.550 e. The van der Waals surface area contributed by atoms with Gasteiger partial charge in [0.25, 0.3) is 0 Å². The second kappa shape index (κ2) is 33.1. The van der Waals surface area contributed by atoms with Crippen LogP contribution in [0, 0.1) is 13.8 Å². The smallest absolute Gasteiger partial charge is 0.550 e. The fourth-order valence-corrected chi connectivity index (χ4v) is 2.28. The largest absolute Gasteiger partial charge is 2.00 e. The molecule has 0 aliphatic heterocycles. The summed E-state index contributed by atoms with van der Waals surface area (Å²) < 4.78 is 0. The number of unbranched alkanes of at least 4 members (excludes halogenated alkanes) is 9. The molecule has 0 N–H and O–H groups in total. The van der Waals surface area contributed by atoms with E-state index in [0.717, 1.165) is 37.7 Å². The fourth-order valence-electron chi connectivity index (χ4n) is 2.28. The standard InChI is InChI=1S/C11H22O2.C9H10O2.2C4H9.Sn/c1-2-3-4-5-6-7-8-9-10-11(12)13;1-2-7-3-5-8(6-4-7)9(10)11;2*1-3-4-2;/h2-10H2,1H3,(H,12,13);3-6H,2H2,1H3,(H,10,11);2*1,3-4H2,2H3;/q;;;;+2/p-2. The van der Waals surface area contributed by atoms with Crippen LogP contribution in [0.1, 0.15) is 127 Å². The van der Waals surface area contributed by atoms with Gasteiger partial charge in [0, 0.05) is 5.97 Å². The van der Waals surface area contributed by atoms with Crippen LogP contribution in [0.4, 0.5) is 0 Å². The Morgan fingerprint density at radius 3 is 1.39 bits per heavy atom. The Kier molecular flexibility index (Phi) is 39.3. The molecular weight excluding hydrogens is 519 g/mol. The van der Waals surface area contributed by atoms with E-state index in [-0.39, 0.29) is 35.9 Å². The Hall–Kier alpha value is -1.04. The number of hydrogen-bond acceptors (Lipinski definition) is 4. The van der Waals surface area contributed by atoms with Gasteiger partial charge < -0.3 is 19.8 Å². The van der Waals surface area contributed by atoms with Gasteiger partial charge in [-0.2, -0.15) is 0 Å². The molecule has 33 heavy (non-hydrogen) atoms. The summed E-state index contributed by atoms with van der Waals surface area (Å²) in [6.07, 6.45) is 15.2. The monoisotopic (exact) mass is 568 g/mol. The molecule has 188 valence electrons. The molecule has 0 heterocycles. The summed E-state index contributed by atoms with van der Waals surface area (Å²) in [6, 6.07) is 6.72. The molecule has 0 aliphatic rings. The number of carbonyl (C=O) groups excluding carboxylic acids is 2. The molecule has 0 atom stereocenters. The summed E-state index contributed by atoms with van der Waals surface area (Å²) in [6.45, 7) is 15.7. The molecule has 0 unspecified atom stereocenters. The molecule has 0 aromatic heterocycles. The van der Waals surface area contributed by atoms with Crippen LogP contribution in [0.5, 0.6) is 0 Å². The quantitative estimate of drug-likeness (QED) is 0.225. The van der Waals surface area contributed by atoms with Crippen LogP contribution < -0.4 is 10.2 Å². The number of carboxylic acids is 2. The first-order chi connectivity index (χ1) is 15.3. The average molecular weight is 567 g/mol. The number of carbonyl (C=O) groups is 2. The van der Waals surface area contributed by atoms with Crippen molar-refractivity contribution in [2.75, 3.05) is 0 Å². The van der Waals surface area contributed by atoms with E-state index in [2.05, 4.69) is 34.6 Å². The molecule has 0 aliphatic carbocycles. The molecule has 5 heteroatoms. The van der Waals surface area contributed by atoms with E-state index in [0.29, 0.717) is 0 Å². The number of aliphatic carboxylic acids is 1. The van der Waals surface area contributed by atoms with E-state index in [4.69, 9.17) is 0 Å². The predicted molar refractivity (Wildman–Crippen MR) is 139 cm³/mol. The van der Waals surface area contributed by atoms with Crippen LogP contribution >= 0.6 is 0 Å². The summed E-state index contributed by atoms with van der Waals surface area (Å²) >= 11 is 0. The number of aromatic carboxylic acids is 1. The summed E-state index contributed by atoms with van der Waals surface area (Å²) in [5.41, 5.74) is 1.37. The van der Waals surface area contributed by atoms with Crippen LogP contribution in [-0.4, -0.2) is 35.8 Å². The molecule has 0 fully saturated rings. The summed E-state index contributed by atoms with van der Waals surface area (Å²) in [5.74, 6) is -2.03. The maximum Gasteiger partial charge on any atom is 2.00 e. The van der Waals surface area contributed by atoms with E-state index >= 15 is 0 Å². The molecule has 4 nitrogen and oxygen atoms in total. The third kappa shape index (κ3) is 35.7. The Bertz CT molecular complexity index is 507. The zero-order valence-electron chi connectivity index (χ0n) is 21.8. The Morgan fingerprint density at radius 1 is 0.697 bits per heavy atom. The van der Waals surface area contributed by atoms with Gasteiger partial charge in [0.15, 0.2) is 0 Å². The van der Waals surface area contributed by atoms with E-state index in [1.54, 1.807) is 24.3 Å². The predicted octanol–water partition coefficient (Wildman–Crippen LogP) is 5.74. The molecule has 0 bridgehead atoms. The van der Waals surface area contributed by atoms with Gasteiger partial charge in [-0.3, -0.25) is 0 Å². The van der Waals surface area contributed by atoms with Crippen LogP contribution in [0.15, 0.2) is 24.3 Å². The SMILES string of the molecule is CCCCCCCCCCC(=O)[O-].CCc1ccc(C(=O)[O-])cc1.[CH2]CCC.[CH2]CCC.[Sn+2]. The molecule has 0 saturated heterocycles. The van der Waals surface area contributed by atoms with Crippen molar-refractivity contribution >= 4 is 35.8 Å². The van der Waals surface area contributed by atoms with Gasteiger partial charge in [-0.05, 0) is 30.4 Å². The number of aryl methyl sites for hydroxylation is 1. The van der Waals surface area contributed by atoms with Crippen molar-refractivity contribution in [1.29, 1.82) is 0 Å². The van der Waals surface area contributed by atoms with Crippen LogP contribution in [0.3, 0.4) is 0 Å². The van der Waals surface area contributed by atoms with Gasteiger partial charge >= 0.3 is 23.9 Å².